The molecule has 0 rings (SSSR count). The van der Waals surface area contributed by atoms with Gasteiger partial charge in [-0.25, -0.2) is 0 Å². The van der Waals surface area contributed by atoms with Crippen LogP contribution in [0.4, 0.5) is 0 Å². The van der Waals surface area contributed by atoms with Gasteiger partial charge in [0.25, 0.3) is 0 Å². The molecule has 4 heteroatoms. The second kappa shape index (κ2) is 15.4. The van der Waals surface area contributed by atoms with Crippen molar-refractivity contribution in [2.45, 2.75) is 98.1 Å². The summed E-state index contributed by atoms with van der Waals surface area (Å²) in [6, 6.07) is 0. The van der Waals surface area contributed by atoms with Gasteiger partial charge in [-0.2, -0.15) is 0 Å². The minimum absolute atomic E-state index is 0.464. The van der Waals surface area contributed by atoms with E-state index in [9.17, 15) is 0 Å². The van der Waals surface area contributed by atoms with Crippen LogP contribution in [0.3, 0.4) is 0 Å². The van der Waals surface area contributed by atoms with Gasteiger partial charge < -0.3 is 18.9 Å². The van der Waals surface area contributed by atoms with Crippen molar-refractivity contribution < 1.29 is 18.9 Å². The van der Waals surface area contributed by atoms with Gasteiger partial charge in [-0.05, 0) is 32.6 Å². The first kappa shape index (κ1) is 22.8. The predicted molar refractivity (Wildman–Crippen MR) is 95.6 cm³/mol. The van der Waals surface area contributed by atoms with Crippen LogP contribution >= 0.6 is 0 Å². The molecule has 0 aromatic carbocycles. The molecule has 0 unspecified atom stereocenters. The van der Waals surface area contributed by atoms with E-state index in [4.69, 9.17) is 18.9 Å². The first-order valence-electron chi connectivity index (χ1n) is 9.65. The lowest BCUT2D eigenvalue weighted by molar-refractivity contribution is -0.345. The van der Waals surface area contributed by atoms with Crippen molar-refractivity contribution in [1.29, 1.82) is 0 Å². The third-order valence-electron chi connectivity index (χ3n) is 3.74. The number of hydrogen-bond donors (Lipinski definition) is 0. The van der Waals surface area contributed by atoms with Gasteiger partial charge in [0, 0.05) is 13.2 Å². The minimum Gasteiger partial charge on any atom is -0.348 e. The highest BCUT2D eigenvalue weighted by molar-refractivity contribution is 4.70. The monoisotopic (exact) mass is 332 g/mol. The Morgan fingerprint density at radius 2 is 0.957 bits per heavy atom. The third-order valence-corrected chi connectivity index (χ3v) is 3.74. The molecule has 0 amide bonds. The Bertz CT molecular complexity index is 226. The van der Waals surface area contributed by atoms with Crippen molar-refractivity contribution >= 4 is 0 Å². The highest BCUT2D eigenvalue weighted by Gasteiger charge is 2.38. The van der Waals surface area contributed by atoms with E-state index in [2.05, 4.69) is 27.7 Å². The van der Waals surface area contributed by atoms with Crippen molar-refractivity contribution in [3.63, 3.8) is 0 Å². The van der Waals surface area contributed by atoms with Crippen molar-refractivity contribution in [2.24, 2.45) is 0 Å². The lowest BCUT2D eigenvalue weighted by Gasteiger charge is -2.37. The molecule has 0 bridgehead atoms. The first-order valence-corrected chi connectivity index (χ1v) is 9.65. The largest absolute Gasteiger partial charge is 0.348 e. The van der Waals surface area contributed by atoms with Crippen LogP contribution in [-0.2, 0) is 18.9 Å². The molecule has 23 heavy (non-hydrogen) atoms. The molecule has 0 spiro atoms. The van der Waals surface area contributed by atoms with Crippen LogP contribution in [0.25, 0.3) is 0 Å². The zero-order chi connectivity index (χ0) is 17.4. The van der Waals surface area contributed by atoms with Crippen LogP contribution < -0.4 is 0 Å². The third kappa shape index (κ3) is 11.1. The minimum atomic E-state index is -0.828. The van der Waals surface area contributed by atoms with Gasteiger partial charge in [-0.3, -0.25) is 0 Å². The summed E-state index contributed by atoms with van der Waals surface area (Å²) in [6.07, 6.45) is 8.02. The first-order chi connectivity index (χ1) is 11.1. The van der Waals surface area contributed by atoms with Crippen molar-refractivity contribution in [2.75, 3.05) is 26.4 Å². The summed E-state index contributed by atoms with van der Waals surface area (Å²) in [5.41, 5.74) is 0. The molecular weight excluding hydrogens is 292 g/mol. The molecular formula is C19H40O4. The van der Waals surface area contributed by atoms with Gasteiger partial charge in [0.05, 0.1) is 13.2 Å². The van der Waals surface area contributed by atoms with E-state index in [1.54, 1.807) is 0 Å². The Morgan fingerprint density at radius 3 is 1.30 bits per heavy atom. The molecule has 4 nitrogen and oxygen atoms in total. The molecule has 0 atom stereocenters. The van der Waals surface area contributed by atoms with E-state index in [0.29, 0.717) is 26.4 Å². The molecule has 0 aromatic rings. The molecule has 0 saturated carbocycles. The van der Waals surface area contributed by atoms with Crippen LogP contribution in [0, 0.1) is 0 Å². The second-order valence-corrected chi connectivity index (χ2v) is 6.20. The van der Waals surface area contributed by atoms with Crippen LogP contribution in [0.1, 0.15) is 86.0 Å². The van der Waals surface area contributed by atoms with Gasteiger partial charge in [-0.1, -0.05) is 53.4 Å². The number of ether oxygens (including phenoxy) is 4. The van der Waals surface area contributed by atoms with Crippen LogP contribution in [0.15, 0.2) is 0 Å². The standard InChI is InChI=1S/C19H40O4/c1-6-10-14-20-18(21-15-11-7-2)19(5,22-16-12-8-3)23-17-13-9-4/h18H,6-17H2,1-5H3. The Hall–Kier alpha value is -0.160. The quantitative estimate of drug-likeness (QED) is 0.268. The van der Waals surface area contributed by atoms with E-state index in [-0.39, 0.29) is 0 Å². The average molecular weight is 333 g/mol. The molecule has 0 aliphatic carbocycles. The Balaban J connectivity index is 4.74. The second-order valence-electron chi connectivity index (χ2n) is 6.20. The summed E-state index contributed by atoms with van der Waals surface area (Å²) in [5.74, 6) is -0.828. The maximum atomic E-state index is 6.07. The van der Waals surface area contributed by atoms with E-state index in [1.807, 2.05) is 6.92 Å². The van der Waals surface area contributed by atoms with E-state index < -0.39 is 12.1 Å². The Labute approximate surface area is 144 Å². The summed E-state index contributed by atoms with van der Waals surface area (Å²) < 4.78 is 24.1. The lowest BCUT2D eigenvalue weighted by Crippen LogP contribution is -2.48. The maximum absolute atomic E-state index is 6.07. The fourth-order valence-corrected chi connectivity index (χ4v) is 2.04. The molecule has 140 valence electrons. The summed E-state index contributed by atoms with van der Waals surface area (Å²) in [4.78, 5) is 0. The van der Waals surface area contributed by atoms with Gasteiger partial charge in [0.1, 0.15) is 0 Å². The zero-order valence-electron chi connectivity index (χ0n) is 16.2. The predicted octanol–water partition coefficient (Wildman–Crippen LogP) is 5.30. The van der Waals surface area contributed by atoms with Crippen LogP contribution in [0.5, 0.6) is 0 Å². The molecule has 0 saturated heterocycles. The molecule has 0 fully saturated rings. The summed E-state index contributed by atoms with van der Waals surface area (Å²) in [6.45, 7) is 13.3. The summed E-state index contributed by atoms with van der Waals surface area (Å²) in [7, 11) is 0. The van der Waals surface area contributed by atoms with E-state index in [0.717, 1.165) is 51.4 Å². The highest BCUT2D eigenvalue weighted by Crippen LogP contribution is 2.24. The van der Waals surface area contributed by atoms with E-state index >= 15 is 0 Å². The number of unbranched alkanes of at least 4 members (excludes halogenated alkanes) is 4. The smallest absolute Gasteiger partial charge is 0.217 e. The maximum Gasteiger partial charge on any atom is 0.217 e. The average Bonchev–Trinajstić information content (AvgIpc) is 2.54. The fourth-order valence-electron chi connectivity index (χ4n) is 2.04. The topological polar surface area (TPSA) is 36.9 Å². The normalized spacial score (nSPS) is 12.3. The SMILES string of the molecule is CCCCOC(OCCCC)C(C)(OCCCC)OCCCC. The fraction of sp³-hybridized carbons (Fsp3) is 1.00. The highest BCUT2D eigenvalue weighted by atomic mass is 16.8. The van der Waals surface area contributed by atoms with Crippen molar-refractivity contribution in [3.8, 4) is 0 Å². The lowest BCUT2D eigenvalue weighted by atomic mass is 10.2. The molecule has 0 aliphatic heterocycles. The number of rotatable bonds is 17. The van der Waals surface area contributed by atoms with Gasteiger partial charge in [0.15, 0.2) is 0 Å². The molecule has 0 N–H and O–H groups in total. The summed E-state index contributed by atoms with van der Waals surface area (Å²) in [5, 5.41) is 0. The molecule has 0 aliphatic rings. The molecule has 0 aromatic heterocycles. The Kier molecular flexibility index (Phi) is 15.3. The van der Waals surface area contributed by atoms with E-state index in [1.165, 1.54) is 0 Å². The zero-order valence-corrected chi connectivity index (χ0v) is 16.2. The van der Waals surface area contributed by atoms with Crippen LogP contribution in [0.2, 0.25) is 0 Å². The molecule has 0 heterocycles. The van der Waals surface area contributed by atoms with Gasteiger partial charge >= 0.3 is 0 Å². The van der Waals surface area contributed by atoms with Crippen LogP contribution in [-0.4, -0.2) is 38.5 Å². The summed E-state index contributed by atoms with van der Waals surface area (Å²) >= 11 is 0. The Morgan fingerprint density at radius 1 is 0.609 bits per heavy atom. The van der Waals surface area contributed by atoms with Gasteiger partial charge in [0.2, 0.25) is 12.1 Å². The molecule has 0 radical (unpaired) electrons. The van der Waals surface area contributed by atoms with Gasteiger partial charge in [-0.15, -0.1) is 0 Å². The number of hydrogen-bond acceptors (Lipinski definition) is 4. The van der Waals surface area contributed by atoms with Crippen molar-refractivity contribution in [3.05, 3.63) is 0 Å². The van der Waals surface area contributed by atoms with Crippen molar-refractivity contribution in [1.82, 2.24) is 0 Å².